The van der Waals surface area contributed by atoms with Crippen LogP contribution in [0.5, 0.6) is 11.5 Å². The monoisotopic (exact) mass is 310 g/mol. The summed E-state index contributed by atoms with van der Waals surface area (Å²) >= 11 is 6.40. The molecule has 1 aromatic rings. The molecule has 0 bridgehead atoms. The van der Waals surface area contributed by atoms with E-state index in [1.165, 1.54) is 19.3 Å². The normalized spacial score (nSPS) is 16.9. The van der Waals surface area contributed by atoms with Crippen molar-refractivity contribution >= 4 is 17.7 Å². The number of hydrogen-bond donors (Lipinski definition) is 1. The molecule has 0 amide bonds. The zero-order chi connectivity index (χ0) is 15.2. The molecule has 1 aromatic carbocycles. The van der Waals surface area contributed by atoms with E-state index in [1.54, 1.807) is 14.2 Å². The third kappa shape index (κ3) is 3.72. The van der Waals surface area contributed by atoms with Gasteiger partial charge in [0.05, 0.1) is 25.8 Å². The minimum absolute atomic E-state index is 0.0787. The van der Waals surface area contributed by atoms with Gasteiger partial charge >= 0.3 is 0 Å². The van der Waals surface area contributed by atoms with Crippen LogP contribution in [-0.2, 0) is 0 Å². The van der Waals surface area contributed by atoms with E-state index in [0.717, 1.165) is 24.0 Å². The van der Waals surface area contributed by atoms with Gasteiger partial charge in [-0.2, -0.15) is 0 Å². The summed E-state index contributed by atoms with van der Waals surface area (Å²) in [4.78, 5) is 0. The van der Waals surface area contributed by atoms with Crippen LogP contribution >= 0.6 is 11.6 Å². The molecule has 3 nitrogen and oxygen atoms in total. The number of rotatable bonds is 5. The van der Waals surface area contributed by atoms with E-state index in [2.05, 4.69) is 0 Å². The number of ether oxygens (including phenoxy) is 2. The van der Waals surface area contributed by atoms with Gasteiger partial charge in [-0.05, 0) is 42.0 Å². The first kappa shape index (κ1) is 16.2. The van der Waals surface area contributed by atoms with Gasteiger partial charge in [0.1, 0.15) is 0 Å². The molecule has 0 unspecified atom stereocenters. The topological polar surface area (TPSA) is 38.7 Å². The molecule has 0 aliphatic heterocycles. The summed E-state index contributed by atoms with van der Waals surface area (Å²) in [6, 6.07) is 3.74. The Morgan fingerprint density at radius 3 is 2.52 bits per heavy atom. The lowest BCUT2D eigenvalue weighted by molar-refractivity contribution is 0.295. The van der Waals surface area contributed by atoms with Crippen molar-refractivity contribution in [2.75, 3.05) is 20.8 Å². The highest BCUT2D eigenvalue weighted by molar-refractivity contribution is 6.33. The van der Waals surface area contributed by atoms with Gasteiger partial charge in [-0.15, -0.1) is 0 Å². The number of methoxy groups -OCH3 is 2. The van der Waals surface area contributed by atoms with Crippen molar-refractivity contribution in [2.24, 2.45) is 5.92 Å². The summed E-state index contributed by atoms with van der Waals surface area (Å²) in [5.74, 6) is 1.62. The van der Waals surface area contributed by atoms with Crippen LogP contribution < -0.4 is 9.47 Å². The molecule has 1 N–H and O–H groups in total. The van der Waals surface area contributed by atoms with Gasteiger partial charge in [0.2, 0.25) is 0 Å². The molecule has 1 fully saturated rings. The second-order valence-corrected chi connectivity index (χ2v) is 5.79. The predicted molar refractivity (Wildman–Crippen MR) is 86.2 cm³/mol. The largest absolute Gasteiger partial charge is 0.493 e. The van der Waals surface area contributed by atoms with Crippen LogP contribution in [0.2, 0.25) is 5.02 Å². The standard InChI is InChI=1S/C17H23ClO3/c1-20-15-9-8-13(16(18)17(15)21-2)10-14(11-19)12-6-4-3-5-7-12/h8-10,12,19H,3-7,11H2,1-2H3/b14-10-. The van der Waals surface area contributed by atoms with Crippen molar-refractivity contribution in [3.05, 3.63) is 28.3 Å². The molecule has 1 saturated carbocycles. The first-order valence-electron chi connectivity index (χ1n) is 7.43. The Labute approximate surface area is 131 Å². The summed E-state index contributed by atoms with van der Waals surface area (Å²) in [6.07, 6.45) is 8.07. The van der Waals surface area contributed by atoms with Gasteiger partial charge in [0.25, 0.3) is 0 Å². The molecule has 2 rings (SSSR count). The lowest BCUT2D eigenvalue weighted by Crippen LogP contribution is -2.11. The van der Waals surface area contributed by atoms with Gasteiger partial charge in [-0.25, -0.2) is 0 Å². The van der Waals surface area contributed by atoms with Gasteiger partial charge in [0.15, 0.2) is 11.5 Å². The first-order chi connectivity index (χ1) is 10.2. The first-order valence-corrected chi connectivity index (χ1v) is 7.80. The Kier molecular flexibility index (Phi) is 5.95. The van der Waals surface area contributed by atoms with Gasteiger partial charge in [-0.1, -0.05) is 36.9 Å². The van der Waals surface area contributed by atoms with E-state index >= 15 is 0 Å². The second kappa shape index (κ2) is 7.71. The average molecular weight is 311 g/mol. The maximum absolute atomic E-state index is 9.69. The minimum Gasteiger partial charge on any atom is -0.493 e. The van der Waals surface area contributed by atoms with Crippen molar-refractivity contribution in [3.63, 3.8) is 0 Å². The van der Waals surface area contributed by atoms with Gasteiger partial charge < -0.3 is 14.6 Å². The highest BCUT2D eigenvalue weighted by Crippen LogP contribution is 2.39. The quantitative estimate of drug-likeness (QED) is 0.880. The SMILES string of the molecule is COc1ccc(/C=C(/CO)C2CCCCC2)c(Cl)c1OC. The van der Waals surface area contributed by atoms with Crippen molar-refractivity contribution in [3.8, 4) is 11.5 Å². The Hall–Kier alpha value is -1.19. The summed E-state index contributed by atoms with van der Waals surface area (Å²) in [7, 11) is 3.16. The molecule has 0 saturated heterocycles. The third-order valence-electron chi connectivity index (χ3n) is 4.17. The third-order valence-corrected chi connectivity index (χ3v) is 4.56. The molecular formula is C17H23ClO3. The van der Waals surface area contributed by atoms with E-state index in [1.807, 2.05) is 18.2 Å². The lowest BCUT2D eigenvalue weighted by atomic mass is 9.83. The van der Waals surface area contributed by atoms with E-state index in [-0.39, 0.29) is 6.61 Å². The highest BCUT2D eigenvalue weighted by Gasteiger charge is 2.18. The van der Waals surface area contributed by atoms with Crippen molar-refractivity contribution in [1.82, 2.24) is 0 Å². The molecule has 0 radical (unpaired) electrons. The van der Waals surface area contributed by atoms with Crippen LogP contribution in [-0.4, -0.2) is 25.9 Å². The molecule has 0 aromatic heterocycles. The fourth-order valence-electron chi connectivity index (χ4n) is 2.98. The number of aliphatic hydroxyl groups is 1. The summed E-state index contributed by atoms with van der Waals surface area (Å²) in [6.45, 7) is 0.0787. The van der Waals surface area contributed by atoms with Crippen LogP contribution in [0.3, 0.4) is 0 Å². The molecular weight excluding hydrogens is 288 g/mol. The maximum atomic E-state index is 9.69. The Morgan fingerprint density at radius 2 is 1.95 bits per heavy atom. The van der Waals surface area contributed by atoms with E-state index in [0.29, 0.717) is 22.4 Å². The Balaban J connectivity index is 2.33. The fourth-order valence-corrected chi connectivity index (χ4v) is 3.27. The molecule has 21 heavy (non-hydrogen) atoms. The summed E-state index contributed by atoms with van der Waals surface area (Å²) < 4.78 is 10.6. The van der Waals surface area contributed by atoms with Crippen LogP contribution in [0.1, 0.15) is 37.7 Å². The van der Waals surface area contributed by atoms with E-state index in [4.69, 9.17) is 21.1 Å². The lowest BCUT2D eigenvalue weighted by Gasteiger charge is -2.23. The van der Waals surface area contributed by atoms with Crippen molar-refractivity contribution < 1.29 is 14.6 Å². The van der Waals surface area contributed by atoms with Crippen molar-refractivity contribution in [2.45, 2.75) is 32.1 Å². The number of hydrogen-bond acceptors (Lipinski definition) is 3. The van der Waals surface area contributed by atoms with Gasteiger partial charge in [-0.3, -0.25) is 0 Å². The fraction of sp³-hybridized carbons (Fsp3) is 0.529. The maximum Gasteiger partial charge on any atom is 0.179 e. The second-order valence-electron chi connectivity index (χ2n) is 5.42. The zero-order valence-electron chi connectivity index (χ0n) is 12.7. The highest BCUT2D eigenvalue weighted by atomic mass is 35.5. The van der Waals surface area contributed by atoms with Crippen LogP contribution in [0.15, 0.2) is 17.7 Å². The van der Waals surface area contributed by atoms with E-state index in [9.17, 15) is 5.11 Å². The van der Waals surface area contributed by atoms with Crippen LogP contribution in [0, 0.1) is 5.92 Å². The number of benzene rings is 1. The summed E-state index contributed by atoms with van der Waals surface area (Å²) in [5.41, 5.74) is 1.92. The molecule has 0 atom stereocenters. The summed E-state index contributed by atoms with van der Waals surface area (Å²) in [5, 5.41) is 10.2. The molecule has 0 spiro atoms. The smallest absolute Gasteiger partial charge is 0.179 e. The number of halogens is 1. The molecule has 1 aliphatic carbocycles. The van der Waals surface area contributed by atoms with E-state index < -0.39 is 0 Å². The van der Waals surface area contributed by atoms with Crippen molar-refractivity contribution in [1.29, 1.82) is 0 Å². The number of aliphatic hydroxyl groups excluding tert-OH is 1. The molecule has 116 valence electrons. The average Bonchev–Trinajstić information content (AvgIpc) is 2.54. The van der Waals surface area contributed by atoms with Gasteiger partial charge in [0, 0.05) is 0 Å². The predicted octanol–water partition coefficient (Wildman–Crippen LogP) is 4.31. The van der Waals surface area contributed by atoms with Crippen LogP contribution in [0.25, 0.3) is 6.08 Å². The Bertz CT molecular complexity index is 505. The van der Waals surface area contributed by atoms with Crippen LogP contribution in [0.4, 0.5) is 0 Å². The molecule has 1 aliphatic rings. The zero-order valence-corrected chi connectivity index (χ0v) is 13.4. The molecule has 0 heterocycles. The Morgan fingerprint density at radius 1 is 1.24 bits per heavy atom. The molecule has 4 heteroatoms. The minimum atomic E-state index is 0.0787.